The number of anilines is 2. The summed E-state index contributed by atoms with van der Waals surface area (Å²) in [6, 6.07) is 14.1. The van der Waals surface area contributed by atoms with E-state index in [0.717, 1.165) is 16.6 Å². The van der Waals surface area contributed by atoms with Crippen molar-refractivity contribution < 1.29 is 14.7 Å². The van der Waals surface area contributed by atoms with Crippen LogP contribution in [0.1, 0.15) is 22.1 Å². The molecule has 1 heterocycles. The van der Waals surface area contributed by atoms with Crippen LogP contribution in [0.25, 0.3) is 10.9 Å². The molecule has 3 aromatic rings. The summed E-state index contributed by atoms with van der Waals surface area (Å²) < 4.78 is 1.57. The van der Waals surface area contributed by atoms with Crippen molar-refractivity contribution in [3.8, 4) is 0 Å². The van der Waals surface area contributed by atoms with Gasteiger partial charge in [0.05, 0.1) is 16.8 Å². The van der Waals surface area contributed by atoms with Gasteiger partial charge in [0.15, 0.2) is 0 Å². The molecule has 0 fully saturated rings. The highest BCUT2D eigenvalue weighted by atomic mass is 16.4. The third kappa shape index (κ3) is 2.44. The van der Waals surface area contributed by atoms with Gasteiger partial charge in [-0.25, -0.2) is 4.79 Å². The van der Waals surface area contributed by atoms with Gasteiger partial charge in [-0.1, -0.05) is 24.3 Å². The Labute approximate surface area is 126 Å². The Kier molecular flexibility index (Phi) is 3.39. The number of carbonyl (C=O) groups excluding carboxylic acids is 1. The molecule has 0 amide bonds. The van der Waals surface area contributed by atoms with E-state index >= 15 is 0 Å². The summed E-state index contributed by atoms with van der Waals surface area (Å²) in [5.74, 6) is -1.06. The van der Waals surface area contributed by atoms with Gasteiger partial charge in [-0.3, -0.25) is 9.36 Å². The minimum Gasteiger partial charge on any atom is -0.478 e. The maximum absolute atomic E-state index is 11.7. The summed E-state index contributed by atoms with van der Waals surface area (Å²) >= 11 is 0. The second-order valence-electron chi connectivity index (χ2n) is 4.96. The average molecular weight is 294 g/mol. The van der Waals surface area contributed by atoms with E-state index in [9.17, 15) is 9.59 Å². The molecule has 0 radical (unpaired) electrons. The molecule has 5 heteroatoms. The van der Waals surface area contributed by atoms with Crippen molar-refractivity contribution in [1.29, 1.82) is 0 Å². The van der Waals surface area contributed by atoms with Crippen LogP contribution in [0, 0.1) is 0 Å². The number of aromatic carboxylic acids is 1. The standard InChI is InChI=1S/C17H14N2O3/c1-11(20)19-10-15(14-7-2-3-8-16(14)19)18-13-6-4-5-12(9-13)17(21)22/h2-10,18H,1H3,(H,21,22). The Morgan fingerprint density at radius 1 is 1.09 bits per heavy atom. The highest BCUT2D eigenvalue weighted by Crippen LogP contribution is 2.28. The SMILES string of the molecule is CC(=O)n1cc(Nc2cccc(C(=O)O)c2)c2ccccc21. The number of nitrogens with one attached hydrogen (secondary N) is 1. The molecule has 0 aliphatic carbocycles. The molecule has 22 heavy (non-hydrogen) atoms. The minimum absolute atomic E-state index is 0.0801. The van der Waals surface area contributed by atoms with Crippen molar-refractivity contribution in [2.75, 3.05) is 5.32 Å². The normalized spacial score (nSPS) is 10.6. The summed E-state index contributed by atoms with van der Waals surface area (Å²) in [4.78, 5) is 22.8. The fourth-order valence-electron chi connectivity index (χ4n) is 2.43. The quantitative estimate of drug-likeness (QED) is 0.772. The third-order valence-electron chi connectivity index (χ3n) is 3.44. The highest BCUT2D eigenvalue weighted by Gasteiger charge is 2.11. The molecule has 0 spiro atoms. The molecule has 110 valence electrons. The van der Waals surface area contributed by atoms with E-state index < -0.39 is 5.97 Å². The number of hydrogen-bond donors (Lipinski definition) is 2. The Hall–Kier alpha value is -3.08. The van der Waals surface area contributed by atoms with Crippen LogP contribution < -0.4 is 5.32 Å². The van der Waals surface area contributed by atoms with Crippen LogP contribution in [0.3, 0.4) is 0 Å². The predicted octanol–water partition coefficient (Wildman–Crippen LogP) is 3.74. The summed E-state index contributed by atoms with van der Waals surface area (Å²) in [7, 11) is 0. The average Bonchev–Trinajstić information content (AvgIpc) is 2.87. The van der Waals surface area contributed by atoms with Gasteiger partial charge in [-0.2, -0.15) is 0 Å². The molecule has 1 aromatic heterocycles. The van der Waals surface area contributed by atoms with Crippen molar-refractivity contribution in [3.63, 3.8) is 0 Å². The number of carbonyl (C=O) groups is 2. The van der Waals surface area contributed by atoms with Gasteiger partial charge in [-0.15, -0.1) is 0 Å². The van der Waals surface area contributed by atoms with E-state index in [4.69, 9.17) is 5.11 Å². The van der Waals surface area contributed by atoms with Gasteiger partial charge in [-0.05, 0) is 24.3 Å². The first kappa shape index (κ1) is 13.9. The molecular formula is C17H14N2O3. The number of para-hydroxylation sites is 1. The molecular weight excluding hydrogens is 280 g/mol. The zero-order valence-corrected chi connectivity index (χ0v) is 11.9. The molecule has 0 atom stereocenters. The molecule has 0 aliphatic heterocycles. The molecule has 5 nitrogen and oxygen atoms in total. The first-order valence-corrected chi connectivity index (χ1v) is 6.77. The Morgan fingerprint density at radius 2 is 1.86 bits per heavy atom. The van der Waals surface area contributed by atoms with E-state index in [-0.39, 0.29) is 11.5 Å². The summed E-state index contributed by atoms with van der Waals surface area (Å²) in [5.41, 5.74) is 2.44. The smallest absolute Gasteiger partial charge is 0.335 e. The molecule has 0 aliphatic rings. The maximum Gasteiger partial charge on any atom is 0.335 e. The van der Waals surface area contributed by atoms with E-state index in [0.29, 0.717) is 5.69 Å². The molecule has 3 rings (SSSR count). The highest BCUT2D eigenvalue weighted by molar-refractivity contribution is 6.00. The molecule has 0 saturated heterocycles. The number of benzene rings is 2. The third-order valence-corrected chi connectivity index (χ3v) is 3.44. The van der Waals surface area contributed by atoms with Crippen molar-refractivity contribution in [1.82, 2.24) is 4.57 Å². The number of nitrogens with zero attached hydrogens (tertiary/aromatic N) is 1. The van der Waals surface area contributed by atoms with E-state index in [2.05, 4.69) is 5.32 Å². The fourth-order valence-corrected chi connectivity index (χ4v) is 2.43. The number of aromatic nitrogens is 1. The Balaban J connectivity index is 2.06. The fraction of sp³-hybridized carbons (Fsp3) is 0.0588. The Bertz CT molecular complexity index is 880. The van der Waals surface area contributed by atoms with Crippen LogP contribution in [0.4, 0.5) is 11.4 Å². The van der Waals surface area contributed by atoms with Crippen LogP contribution in [-0.4, -0.2) is 21.6 Å². The van der Waals surface area contributed by atoms with Crippen LogP contribution >= 0.6 is 0 Å². The number of carboxylic acid groups (broad SMARTS) is 1. The molecule has 2 aromatic carbocycles. The molecule has 2 N–H and O–H groups in total. The van der Waals surface area contributed by atoms with Crippen LogP contribution in [0.5, 0.6) is 0 Å². The summed E-state index contributed by atoms with van der Waals surface area (Å²) in [6.07, 6.45) is 1.72. The number of carboxylic acids is 1. The second-order valence-corrected chi connectivity index (χ2v) is 4.96. The Morgan fingerprint density at radius 3 is 2.59 bits per heavy atom. The lowest BCUT2D eigenvalue weighted by Gasteiger charge is -2.05. The van der Waals surface area contributed by atoms with E-state index in [1.807, 2.05) is 24.3 Å². The minimum atomic E-state index is -0.977. The molecule has 0 unspecified atom stereocenters. The monoisotopic (exact) mass is 294 g/mol. The summed E-state index contributed by atoms with van der Waals surface area (Å²) in [6.45, 7) is 1.50. The first-order valence-electron chi connectivity index (χ1n) is 6.77. The van der Waals surface area contributed by atoms with Gasteiger partial charge in [0.1, 0.15) is 0 Å². The first-order chi connectivity index (χ1) is 10.6. The van der Waals surface area contributed by atoms with E-state index in [1.165, 1.54) is 13.0 Å². The maximum atomic E-state index is 11.7. The zero-order chi connectivity index (χ0) is 15.7. The molecule has 0 saturated carbocycles. The number of rotatable bonds is 3. The van der Waals surface area contributed by atoms with Gasteiger partial charge in [0.25, 0.3) is 0 Å². The predicted molar refractivity (Wildman–Crippen MR) is 84.9 cm³/mol. The van der Waals surface area contributed by atoms with Gasteiger partial charge < -0.3 is 10.4 Å². The largest absolute Gasteiger partial charge is 0.478 e. The lowest BCUT2D eigenvalue weighted by atomic mass is 10.2. The van der Waals surface area contributed by atoms with Crippen molar-refractivity contribution in [2.45, 2.75) is 6.92 Å². The van der Waals surface area contributed by atoms with Gasteiger partial charge >= 0.3 is 5.97 Å². The topological polar surface area (TPSA) is 71.3 Å². The number of fused-ring (bicyclic) bond motifs is 1. The van der Waals surface area contributed by atoms with Crippen LogP contribution in [0.2, 0.25) is 0 Å². The van der Waals surface area contributed by atoms with Crippen molar-refractivity contribution in [3.05, 3.63) is 60.3 Å². The van der Waals surface area contributed by atoms with Crippen LogP contribution in [0.15, 0.2) is 54.7 Å². The lowest BCUT2D eigenvalue weighted by Crippen LogP contribution is -2.02. The second kappa shape index (κ2) is 5.37. The van der Waals surface area contributed by atoms with Crippen molar-refractivity contribution >= 4 is 34.2 Å². The zero-order valence-electron chi connectivity index (χ0n) is 11.9. The van der Waals surface area contributed by atoms with Gasteiger partial charge in [0.2, 0.25) is 5.91 Å². The van der Waals surface area contributed by atoms with Gasteiger partial charge in [0, 0.05) is 24.2 Å². The molecule has 0 bridgehead atoms. The van der Waals surface area contributed by atoms with Crippen LogP contribution in [-0.2, 0) is 0 Å². The number of hydrogen-bond acceptors (Lipinski definition) is 3. The van der Waals surface area contributed by atoms with E-state index in [1.54, 1.807) is 29.0 Å². The lowest BCUT2D eigenvalue weighted by molar-refractivity contribution is 0.0696. The summed E-state index contributed by atoms with van der Waals surface area (Å²) in [5, 5.41) is 13.1. The van der Waals surface area contributed by atoms with Crippen molar-refractivity contribution in [2.24, 2.45) is 0 Å².